The maximum absolute atomic E-state index is 14.0. The molecule has 4 nitrogen and oxygen atoms in total. The number of carbonyl (C=O) groups excluding carboxylic acids is 1. The van der Waals surface area contributed by atoms with Crippen molar-refractivity contribution in [3.63, 3.8) is 0 Å². The molecule has 1 heterocycles. The van der Waals surface area contributed by atoms with E-state index in [1.54, 1.807) is 0 Å². The molecule has 3 rings (SSSR count). The third-order valence-corrected chi connectivity index (χ3v) is 4.58. The normalized spacial score (nSPS) is 15.8. The summed E-state index contributed by atoms with van der Waals surface area (Å²) in [5, 5.41) is 3.24. The Morgan fingerprint density at radius 3 is 2.60 bits per heavy atom. The molecule has 1 aliphatic rings. The van der Waals surface area contributed by atoms with Crippen LogP contribution in [0.3, 0.4) is 0 Å². The lowest BCUT2D eigenvalue weighted by atomic mass is 10.0. The van der Waals surface area contributed by atoms with E-state index in [-0.39, 0.29) is 11.9 Å². The molecule has 2 aromatic carbocycles. The summed E-state index contributed by atoms with van der Waals surface area (Å²) in [5.74, 6) is -0.805. The molecule has 0 spiro atoms. The van der Waals surface area contributed by atoms with Crippen molar-refractivity contribution < 1.29 is 13.9 Å². The first kappa shape index (κ1) is 17.4. The van der Waals surface area contributed by atoms with Gasteiger partial charge in [0.2, 0.25) is 0 Å². The fourth-order valence-corrected chi connectivity index (χ4v) is 3.18. The molecule has 1 N–H and O–H groups in total. The van der Waals surface area contributed by atoms with Gasteiger partial charge in [-0.15, -0.1) is 0 Å². The molecule has 0 unspecified atom stereocenters. The second-order valence-electron chi connectivity index (χ2n) is 6.37. The van der Waals surface area contributed by atoms with Crippen LogP contribution in [0.4, 0.5) is 10.1 Å². The lowest BCUT2D eigenvalue weighted by Crippen LogP contribution is -2.38. The molecular weight excluding hydrogens is 319 g/mol. The number of benzene rings is 2. The van der Waals surface area contributed by atoms with Crippen molar-refractivity contribution in [2.75, 3.05) is 25.5 Å². The molecule has 0 aliphatic carbocycles. The predicted molar refractivity (Wildman–Crippen MR) is 96.1 cm³/mol. The van der Waals surface area contributed by atoms with Crippen molar-refractivity contribution in [1.29, 1.82) is 0 Å². The average Bonchev–Trinajstić information content (AvgIpc) is 2.65. The zero-order valence-electron chi connectivity index (χ0n) is 14.4. The molecule has 132 valence electrons. The Morgan fingerprint density at radius 2 is 1.92 bits per heavy atom. The van der Waals surface area contributed by atoms with Crippen molar-refractivity contribution in [2.24, 2.45) is 0 Å². The Bertz CT molecular complexity index is 713. The van der Waals surface area contributed by atoms with Gasteiger partial charge in [0.1, 0.15) is 5.82 Å². The molecule has 5 heteroatoms. The lowest BCUT2D eigenvalue weighted by Gasteiger charge is -2.33. The van der Waals surface area contributed by atoms with Crippen LogP contribution in [-0.4, -0.2) is 37.1 Å². The maximum atomic E-state index is 14.0. The van der Waals surface area contributed by atoms with Gasteiger partial charge >= 0.3 is 5.97 Å². The predicted octanol–water partition coefficient (Wildman–Crippen LogP) is 3.69. The van der Waals surface area contributed by atoms with E-state index in [4.69, 9.17) is 4.74 Å². The van der Waals surface area contributed by atoms with Gasteiger partial charge in [0.05, 0.1) is 18.4 Å². The second kappa shape index (κ2) is 8.12. The van der Waals surface area contributed by atoms with E-state index in [9.17, 15) is 9.18 Å². The minimum absolute atomic E-state index is 0.203. The van der Waals surface area contributed by atoms with E-state index in [2.05, 4.69) is 34.5 Å². The number of rotatable bonds is 5. The molecule has 2 aromatic rings. The largest absolute Gasteiger partial charge is 0.465 e. The standard InChI is InChI=1S/C20H23FN2O2/c1-25-20(24)16-7-8-18(21)19(13-16)22-17-9-11-23(12-10-17)14-15-5-3-2-4-6-15/h2-8,13,17,22H,9-12,14H2,1H3. The molecule has 1 saturated heterocycles. The van der Waals surface area contributed by atoms with Gasteiger partial charge in [0.15, 0.2) is 0 Å². The highest BCUT2D eigenvalue weighted by atomic mass is 19.1. The molecule has 0 atom stereocenters. The van der Waals surface area contributed by atoms with Crippen LogP contribution in [0.15, 0.2) is 48.5 Å². The fourth-order valence-electron chi connectivity index (χ4n) is 3.18. The summed E-state index contributed by atoms with van der Waals surface area (Å²) in [6.45, 7) is 2.87. The van der Waals surface area contributed by atoms with Crippen LogP contribution >= 0.6 is 0 Å². The SMILES string of the molecule is COC(=O)c1ccc(F)c(NC2CCN(Cc3ccccc3)CC2)c1. The number of esters is 1. The number of hydrogen-bond donors (Lipinski definition) is 1. The van der Waals surface area contributed by atoms with E-state index in [0.717, 1.165) is 32.5 Å². The van der Waals surface area contributed by atoms with E-state index in [0.29, 0.717) is 11.3 Å². The Morgan fingerprint density at radius 1 is 1.20 bits per heavy atom. The van der Waals surface area contributed by atoms with Crippen LogP contribution in [0.2, 0.25) is 0 Å². The Balaban J connectivity index is 1.56. The Hall–Kier alpha value is -2.40. The summed E-state index contributed by atoms with van der Waals surface area (Å²) < 4.78 is 18.7. The van der Waals surface area contributed by atoms with Crippen molar-refractivity contribution >= 4 is 11.7 Å². The first-order chi connectivity index (χ1) is 12.2. The molecular formula is C20H23FN2O2. The van der Waals surface area contributed by atoms with Crippen molar-refractivity contribution in [1.82, 2.24) is 4.90 Å². The molecule has 0 saturated carbocycles. The van der Waals surface area contributed by atoms with Crippen molar-refractivity contribution in [3.05, 3.63) is 65.5 Å². The van der Waals surface area contributed by atoms with E-state index >= 15 is 0 Å². The Labute approximate surface area is 147 Å². The topological polar surface area (TPSA) is 41.6 Å². The van der Waals surface area contributed by atoms with Crippen LogP contribution in [0.1, 0.15) is 28.8 Å². The number of methoxy groups -OCH3 is 1. The van der Waals surface area contributed by atoms with Gasteiger partial charge in [-0.05, 0) is 36.6 Å². The molecule has 0 bridgehead atoms. The zero-order valence-corrected chi connectivity index (χ0v) is 14.4. The summed E-state index contributed by atoms with van der Waals surface area (Å²) in [5.41, 5.74) is 2.03. The first-order valence-electron chi connectivity index (χ1n) is 8.56. The molecule has 1 fully saturated rings. The number of nitrogens with one attached hydrogen (secondary N) is 1. The summed E-state index contributed by atoms with van der Waals surface area (Å²) >= 11 is 0. The van der Waals surface area contributed by atoms with Gasteiger partial charge in [-0.2, -0.15) is 0 Å². The fraction of sp³-hybridized carbons (Fsp3) is 0.350. The summed E-state index contributed by atoms with van der Waals surface area (Å²) in [4.78, 5) is 14.0. The van der Waals surface area contributed by atoms with Crippen molar-refractivity contribution in [2.45, 2.75) is 25.4 Å². The van der Waals surface area contributed by atoms with E-state index in [1.165, 1.54) is 30.9 Å². The van der Waals surface area contributed by atoms with Crippen LogP contribution in [0.25, 0.3) is 0 Å². The van der Waals surface area contributed by atoms with Gasteiger partial charge in [-0.3, -0.25) is 4.90 Å². The number of nitrogens with zero attached hydrogens (tertiary/aromatic N) is 1. The van der Waals surface area contributed by atoms with Crippen LogP contribution in [0.5, 0.6) is 0 Å². The molecule has 1 aliphatic heterocycles. The van der Waals surface area contributed by atoms with Gasteiger partial charge in [0.25, 0.3) is 0 Å². The number of likely N-dealkylation sites (tertiary alicyclic amines) is 1. The first-order valence-corrected chi connectivity index (χ1v) is 8.56. The summed E-state index contributed by atoms with van der Waals surface area (Å²) in [7, 11) is 1.32. The van der Waals surface area contributed by atoms with Crippen molar-refractivity contribution in [3.8, 4) is 0 Å². The summed E-state index contributed by atoms with van der Waals surface area (Å²) in [6.07, 6.45) is 1.88. The minimum atomic E-state index is -0.458. The number of hydrogen-bond acceptors (Lipinski definition) is 4. The monoisotopic (exact) mass is 342 g/mol. The van der Waals surface area contributed by atoms with Gasteiger partial charge < -0.3 is 10.1 Å². The van der Waals surface area contributed by atoms with Crippen LogP contribution in [-0.2, 0) is 11.3 Å². The van der Waals surface area contributed by atoms with Gasteiger partial charge in [-0.25, -0.2) is 9.18 Å². The highest BCUT2D eigenvalue weighted by molar-refractivity contribution is 5.90. The summed E-state index contributed by atoms with van der Waals surface area (Å²) in [6, 6.07) is 14.9. The van der Waals surface area contributed by atoms with Gasteiger partial charge in [-0.1, -0.05) is 30.3 Å². The van der Waals surface area contributed by atoms with E-state index < -0.39 is 5.97 Å². The number of carbonyl (C=O) groups is 1. The molecule has 25 heavy (non-hydrogen) atoms. The van der Waals surface area contributed by atoms with E-state index in [1.807, 2.05) is 6.07 Å². The number of ether oxygens (including phenoxy) is 1. The quantitative estimate of drug-likeness (QED) is 0.842. The smallest absolute Gasteiger partial charge is 0.337 e. The second-order valence-corrected chi connectivity index (χ2v) is 6.37. The zero-order chi connectivity index (χ0) is 17.6. The number of anilines is 1. The lowest BCUT2D eigenvalue weighted by molar-refractivity contribution is 0.0600. The Kier molecular flexibility index (Phi) is 5.66. The minimum Gasteiger partial charge on any atom is -0.465 e. The highest BCUT2D eigenvalue weighted by Gasteiger charge is 2.20. The molecule has 0 radical (unpaired) electrons. The number of piperidine rings is 1. The third kappa shape index (κ3) is 4.57. The highest BCUT2D eigenvalue weighted by Crippen LogP contribution is 2.22. The maximum Gasteiger partial charge on any atom is 0.337 e. The number of halogens is 1. The van der Waals surface area contributed by atoms with Crippen LogP contribution in [0, 0.1) is 5.82 Å². The third-order valence-electron chi connectivity index (χ3n) is 4.58. The average molecular weight is 342 g/mol. The molecule has 0 amide bonds. The van der Waals surface area contributed by atoms with Crippen LogP contribution < -0.4 is 5.32 Å². The molecule has 0 aromatic heterocycles. The van der Waals surface area contributed by atoms with Gasteiger partial charge in [0, 0.05) is 25.7 Å².